The second kappa shape index (κ2) is 6.62. The Labute approximate surface area is 107 Å². The van der Waals surface area contributed by atoms with Crippen LogP contribution < -0.4 is 0 Å². The molecule has 1 atom stereocenters. The summed E-state index contributed by atoms with van der Waals surface area (Å²) in [6, 6.07) is 7.31. The summed E-state index contributed by atoms with van der Waals surface area (Å²) >= 11 is 5.84. The maximum atomic E-state index is 10.9. The molecule has 0 fully saturated rings. The first-order valence-corrected chi connectivity index (χ1v) is 6.17. The second-order valence-corrected chi connectivity index (χ2v) is 4.32. The van der Waals surface area contributed by atoms with Crippen LogP contribution in [0.15, 0.2) is 24.3 Å². The van der Waals surface area contributed by atoms with E-state index in [-0.39, 0.29) is 12.5 Å². The Morgan fingerprint density at radius 3 is 2.24 bits per heavy atom. The highest BCUT2D eigenvalue weighted by Gasteiger charge is 2.20. The number of carboxylic acids is 1. The number of aliphatic carboxylic acids is 1. The van der Waals surface area contributed by atoms with Crippen LogP contribution in [0.2, 0.25) is 5.02 Å². The zero-order chi connectivity index (χ0) is 12.8. The molecule has 0 radical (unpaired) electrons. The number of hydrogen-bond donors (Lipinski definition) is 1. The van der Waals surface area contributed by atoms with Crippen molar-refractivity contribution in [3.05, 3.63) is 34.9 Å². The molecular weight excluding hydrogens is 238 g/mol. The average Bonchev–Trinajstić information content (AvgIpc) is 2.30. The highest BCUT2D eigenvalue weighted by atomic mass is 35.5. The second-order valence-electron chi connectivity index (χ2n) is 3.89. The molecule has 0 spiro atoms. The van der Waals surface area contributed by atoms with Crippen LogP contribution in [0.1, 0.15) is 31.9 Å². The summed E-state index contributed by atoms with van der Waals surface area (Å²) in [5, 5.41) is 9.66. The van der Waals surface area contributed by atoms with Gasteiger partial charge in [-0.05, 0) is 30.8 Å². The van der Waals surface area contributed by atoms with E-state index in [1.165, 1.54) is 0 Å². The molecule has 0 aliphatic rings. The fourth-order valence-corrected chi connectivity index (χ4v) is 2.10. The molecule has 1 N–H and O–H groups in total. The maximum Gasteiger partial charge on any atom is 0.305 e. The molecule has 1 aromatic rings. The molecule has 17 heavy (non-hydrogen) atoms. The minimum absolute atomic E-state index is 0.0835. The van der Waals surface area contributed by atoms with E-state index in [1.807, 2.05) is 26.0 Å². The summed E-state index contributed by atoms with van der Waals surface area (Å²) in [6.45, 7) is 5.73. The molecule has 1 rings (SSSR count). The van der Waals surface area contributed by atoms with Crippen LogP contribution in [0.25, 0.3) is 0 Å². The van der Waals surface area contributed by atoms with Crippen molar-refractivity contribution < 1.29 is 9.90 Å². The molecule has 0 saturated heterocycles. The van der Waals surface area contributed by atoms with Gasteiger partial charge in [-0.2, -0.15) is 0 Å². The molecule has 0 heterocycles. The number of rotatable bonds is 6. The van der Waals surface area contributed by atoms with Gasteiger partial charge < -0.3 is 5.11 Å². The predicted molar refractivity (Wildman–Crippen MR) is 69.4 cm³/mol. The van der Waals surface area contributed by atoms with E-state index in [0.717, 1.165) is 18.7 Å². The molecule has 0 aliphatic carbocycles. The van der Waals surface area contributed by atoms with Gasteiger partial charge in [0.15, 0.2) is 0 Å². The molecule has 3 nitrogen and oxygen atoms in total. The molecule has 94 valence electrons. The van der Waals surface area contributed by atoms with Crippen LogP contribution in [0.4, 0.5) is 0 Å². The fraction of sp³-hybridized carbons (Fsp3) is 0.462. The first-order chi connectivity index (χ1) is 8.08. The Balaban J connectivity index is 2.96. The van der Waals surface area contributed by atoms with Gasteiger partial charge in [0.05, 0.1) is 6.42 Å². The summed E-state index contributed by atoms with van der Waals surface area (Å²) in [5.41, 5.74) is 1.00. The standard InChI is InChI=1S/C13H18ClNO2/c1-3-15(4-2)12(9-13(16)17)10-5-7-11(14)8-6-10/h5-8,12H,3-4,9H2,1-2H3,(H,16,17). The van der Waals surface area contributed by atoms with Crippen LogP contribution >= 0.6 is 11.6 Å². The SMILES string of the molecule is CCN(CC)C(CC(=O)O)c1ccc(Cl)cc1. The lowest BCUT2D eigenvalue weighted by molar-refractivity contribution is -0.138. The number of nitrogens with zero attached hydrogens (tertiary/aromatic N) is 1. The van der Waals surface area contributed by atoms with Crippen LogP contribution in [0, 0.1) is 0 Å². The van der Waals surface area contributed by atoms with Gasteiger partial charge in [0, 0.05) is 11.1 Å². The number of hydrogen-bond acceptors (Lipinski definition) is 2. The van der Waals surface area contributed by atoms with E-state index in [4.69, 9.17) is 16.7 Å². The number of halogens is 1. The van der Waals surface area contributed by atoms with Crippen molar-refractivity contribution in [1.82, 2.24) is 4.90 Å². The Morgan fingerprint density at radius 2 is 1.82 bits per heavy atom. The summed E-state index contributed by atoms with van der Waals surface area (Å²) in [6.07, 6.45) is 0.114. The van der Waals surface area contributed by atoms with Crippen LogP contribution in [0.5, 0.6) is 0 Å². The van der Waals surface area contributed by atoms with Crippen LogP contribution in [-0.4, -0.2) is 29.1 Å². The summed E-state index contributed by atoms with van der Waals surface area (Å²) in [5.74, 6) is -0.781. The topological polar surface area (TPSA) is 40.5 Å². The Hall–Kier alpha value is -1.06. The summed E-state index contributed by atoms with van der Waals surface area (Å²) < 4.78 is 0. The van der Waals surface area contributed by atoms with E-state index in [9.17, 15) is 4.79 Å². The largest absolute Gasteiger partial charge is 0.481 e. The number of carbonyl (C=O) groups is 1. The van der Waals surface area contributed by atoms with Crippen molar-refractivity contribution in [3.8, 4) is 0 Å². The Morgan fingerprint density at radius 1 is 1.29 bits per heavy atom. The van der Waals surface area contributed by atoms with E-state index in [2.05, 4.69) is 4.90 Å². The van der Waals surface area contributed by atoms with Crippen LogP contribution in [0.3, 0.4) is 0 Å². The smallest absolute Gasteiger partial charge is 0.305 e. The fourth-order valence-electron chi connectivity index (χ4n) is 1.97. The third kappa shape index (κ3) is 4.02. The zero-order valence-electron chi connectivity index (χ0n) is 10.2. The molecule has 0 bridgehead atoms. The van der Waals surface area contributed by atoms with Gasteiger partial charge in [0.2, 0.25) is 0 Å². The van der Waals surface area contributed by atoms with Crippen molar-refractivity contribution in [2.24, 2.45) is 0 Å². The number of carboxylic acid groups (broad SMARTS) is 1. The number of benzene rings is 1. The summed E-state index contributed by atoms with van der Waals surface area (Å²) in [7, 11) is 0. The first-order valence-electron chi connectivity index (χ1n) is 5.79. The van der Waals surface area contributed by atoms with Gasteiger partial charge in [0.1, 0.15) is 0 Å². The molecule has 1 aromatic carbocycles. The highest BCUT2D eigenvalue weighted by Crippen LogP contribution is 2.25. The van der Waals surface area contributed by atoms with Gasteiger partial charge in [-0.3, -0.25) is 9.69 Å². The molecule has 0 aromatic heterocycles. The van der Waals surface area contributed by atoms with Gasteiger partial charge in [0.25, 0.3) is 0 Å². The Bertz CT molecular complexity index is 360. The summed E-state index contributed by atoms with van der Waals surface area (Å²) in [4.78, 5) is 13.1. The lowest BCUT2D eigenvalue weighted by atomic mass is 10.0. The lowest BCUT2D eigenvalue weighted by Gasteiger charge is -2.28. The van der Waals surface area contributed by atoms with Gasteiger partial charge in [-0.25, -0.2) is 0 Å². The normalized spacial score (nSPS) is 12.7. The van der Waals surface area contributed by atoms with Crippen molar-refractivity contribution in [3.63, 3.8) is 0 Å². The van der Waals surface area contributed by atoms with E-state index < -0.39 is 5.97 Å². The van der Waals surface area contributed by atoms with E-state index in [1.54, 1.807) is 12.1 Å². The molecular formula is C13H18ClNO2. The van der Waals surface area contributed by atoms with Crippen molar-refractivity contribution in [1.29, 1.82) is 0 Å². The minimum Gasteiger partial charge on any atom is -0.481 e. The lowest BCUT2D eigenvalue weighted by Crippen LogP contribution is -2.30. The van der Waals surface area contributed by atoms with Gasteiger partial charge >= 0.3 is 5.97 Å². The van der Waals surface area contributed by atoms with Crippen molar-refractivity contribution in [2.45, 2.75) is 26.3 Å². The Kier molecular flexibility index (Phi) is 5.45. The molecule has 4 heteroatoms. The van der Waals surface area contributed by atoms with Gasteiger partial charge in [-0.1, -0.05) is 37.6 Å². The highest BCUT2D eigenvalue weighted by molar-refractivity contribution is 6.30. The average molecular weight is 256 g/mol. The van der Waals surface area contributed by atoms with E-state index >= 15 is 0 Å². The third-order valence-electron chi connectivity index (χ3n) is 2.88. The van der Waals surface area contributed by atoms with Crippen molar-refractivity contribution >= 4 is 17.6 Å². The third-order valence-corrected chi connectivity index (χ3v) is 3.13. The molecule has 0 saturated carbocycles. The quantitative estimate of drug-likeness (QED) is 0.849. The van der Waals surface area contributed by atoms with E-state index in [0.29, 0.717) is 5.02 Å². The van der Waals surface area contributed by atoms with Gasteiger partial charge in [-0.15, -0.1) is 0 Å². The predicted octanol–water partition coefficient (Wildman–Crippen LogP) is 3.20. The van der Waals surface area contributed by atoms with Crippen molar-refractivity contribution in [2.75, 3.05) is 13.1 Å². The molecule has 0 aliphatic heterocycles. The minimum atomic E-state index is -0.781. The zero-order valence-corrected chi connectivity index (χ0v) is 10.9. The maximum absolute atomic E-state index is 10.9. The molecule has 1 unspecified atom stereocenters. The molecule has 0 amide bonds. The first kappa shape index (κ1) is 14.0. The monoisotopic (exact) mass is 255 g/mol. The van der Waals surface area contributed by atoms with Crippen LogP contribution in [-0.2, 0) is 4.79 Å².